The van der Waals surface area contributed by atoms with Gasteiger partial charge in [-0.25, -0.2) is 8.42 Å². The maximum Gasteiger partial charge on any atom is 0.244 e. The predicted octanol–water partition coefficient (Wildman–Crippen LogP) is 5.40. The highest BCUT2D eigenvalue weighted by molar-refractivity contribution is 7.92. The van der Waals surface area contributed by atoms with E-state index in [2.05, 4.69) is 5.32 Å². The van der Waals surface area contributed by atoms with Gasteiger partial charge in [-0.3, -0.25) is 13.9 Å². The zero-order chi connectivity index (χ0) is 26.5. The molecule has 0 bridgehead atoms. The van der Waals surface area contributed by atoms with Crippen molar-refractivity contribution >= 4 is 73.9 Å². The summed E-state index contributed by atoms with van der Waals surface area (Å²) in [4.78, 5) is 27.9. The Morgan fingerprint density at radius 3 is 2.20 bits per heavy atom. The fourth-order valence-corrected chi connectivity index (χ4v) is 5.04. The molecule has 0 spiro atoms. The lowest BCUT2D eigenvalue weighted by atomic mass is 10.1. The highest BCUT2D eigenvalue weighted by Gasteiger charge is 2.32. The second kappa shape index (κ2) is 12.5. The van der Waals surface area contributed by atoms with Gasteiger partial charge in [0.1, 0.15) is 12.6 Å². The number of carbonyl (C=O) groups excluding carboxylic acids is 2. The average Bonchev–Trinajstić information content (AvgIpc) is 2.75. The fraction of sp³-hybridized carbons (Fsp3) is 0.391. The summed E-state index contributed by atoms with van der Waals surface area (Å²) in [6.45, 7) is 4.79. The van der Waals surface area contributed by atoms with Gasteiger partial charge in [-0.15, -0.1) is 0 Å². The summed E-state index contributed by atoms with van der Waals surface area (Å²) in [6, 6.07) is 8.34. The van der Waals surface area contributed by atoms with Crippen molar-refractivity contribution in [1.82, 2.24) is 10.2 Å². The number of carbonyl (C=O) groups is 2. The normalized spacial score (nSPS) is 12.4. The van der Waals surface area contributed by atoms with E-state index < -0.39 is 28.5 Å². The Kier molecular flexibility index (Phi) is 10.5. The molecule has 35 heavy (non-hydrogen) atoms. The Morgan fingerprint density at radius 2 is 1.66 bits per heavy atom. The van der Waals surface area contributed by atoms with Gasteiger partial charge in [-0.2, -0.15) is 0 Å². The van der Waals surface area contributed by atoms with E-state index in [0.29, 0.717) is 22.0 Å². The third-order valence-corrected chi connectivity index (χ3v) is 7.71. The number of benzene rings is 2. The lowest BCUT2D eigenvalue weighted by Crippen LogP contribution is -2.53. The first-order valence-electron chi connectivity index (χ1n) is 10.7. The molecule has 2 aromatic rings. The van der Waals surface area contributed by atoms with Crippen LogP contribution < -0.4 is 9.62 Å². The Labute approximate surface area is 226 Å². The number of hydrogen-bond acceptors (Lipinski definition) is 4. The van der Waals surface area contributed by atoms with Crippen molar-refractivity contribution in [2.45, 2.75) is 45.8 Å². The van der Waals surface area contributed by atoms with E-state index in [4.69, 9.17) is 46.4 Å². The van der Waals surface area contributed by atoms with Crippen LogP contribution in [0.15, 0.2) is 36.4 Å². The van der Waals surface area contributed by atoms with Crippen LogP contribution in [0.25, 0.3) is 0 Å². The van der Waals surface area contributed by atoms with Gasteiger partial charge in [0.25, 0.3) is 0 Å². The zero-order valence-corrected chi connectivity index (χ0v) is 23.5. The molecule has 0 saturated heterocycles. The summed E-state index contributed by atoms with van der Waals surface area (Å²) in [7, 11) is -3.94. The highest BCUT2D eigenvalue weighted by atomic mass is 35.5. The van der Waals surface area contributed by atoms with Crippen molar-refractivity contribution in [3.05, 3.63) is 62.1 Å². The van der Waals surface area contributed by atoms with E-state index in [0.717, 1.165) is 10.6 Å². The van der Waals surface area contributed by atoms with Gasteiger partial charge >= 0.3 is 0 Å². The molecule has 0 aromatic heterocycles. The summed E-state index contributed by atoms with van der Waals surface area (Å²) >= 11 is 24.5. The number of nitrogens with zero attached hydrogens (tertiary/aromatic N) is 2. The number of anilines is 1. The van der Waals surface area contributed by atoms with E-state index in [1.54, 1.807) is 25.1 Å². The van der Waals surface area contributed by atoms with Crippen molar-refractivity contribution in [3.63, 3.8) is 0 Å². The van der Waals surface area contributed by atoms with E-state index in [1.807, 2.05) is 13.8 Å². The van der Waals surface area contributed by atoms with Crippen molar-refractivity contribution in [3.8, 4) is 0 Å². The summed E-state index contributed by atoms with van der Waals surface area (Å²) in [5, 5.41) is 3.59. The number of rotatable bonds is 10. The highest BCUT2D eigenvalue weighted by Crippen LogP contribution is 2.34. The van der Waals surface area contributed by atoms with Gasteiger partial charge in [-0.1, -0.05) is 65.5 Å². The molecule has 0 heterocycles. The van der Waals surface area contributed by atoms with Crippen LogP contribution >= 0.6 is 46.4 Å². The standard InChI is InChI=1S/C23H27Cl4N3O4S/c1-5-19(23(32)28-14(2)3)29(12-15-9-10-16(24)18(26)11-15)21(31)13-30(35(4,33)34)20-8-6-7-17(25)22(20)27/h6-11,14,19H,5,12-13H2,1-4H3,(H,28,32)/t19-/m0/s1. The Bertz CT molecular complexity index is 1190. The van der Waals surface area contributed by atoms with E-state index in [-0.39, 0.29) is 34.2 Å². The average molecular weight is 583 g/mol. The van der Waals surface area contributed by atoms with Gasteiger partial charge in [0.15, 0.2) is 0 Å². The first-order chi connectivity index (χ1) is 16.3. The first kappa shape index (κ1) is 29.5. The van der Waals surface area contributed by atoms with Crippen molar-refractivity contribution in [2.75, 3.05) is 17.1 Å². The Balaban J connectivity index is 2.51. The second-order valence-electron chi connectivity index (χ2n) is 8.20. The molecule has 0 aliphatic rings. The zero-order valence-electron chi connectivity index (χ0n) is 19.7. The molecule has 1 N–H and O–H groups in total. The lowest BCUT2D eigenvalue weighted by Gasteiger charge is -2.33. The largest absolute Gasteiger partial charge is 0.352 e. The van der Waals surface area contributed by atoms with Crippen molar-refractivity contribution in [2.24, 2.45) is 0 Å². The van der Waals surface area contributed by atoms with Gasteiger partial charge < -0.3 is 10.2 Å². The Hall–Kier alpha value is -1.71. The van der Waals surface area contributed by atoms with Gasteiger partial charge in [0, 0.05) is 12.6 Å². The number of hydrogen-bond donors (Lipinski definition) is 1. The third-order valence-electron chi connectivity index (χ3n) is 5.03. The topological polar surface area (TPSA) is 86.8 Å². The minimum absolute atomic E-state index is 0.000619. The molecular formula is C23H27Cl4N3O4S. The van der Waals surface area contributed by atoms with Crippen LogP contribution in [-0.4, -0.2) is 50.0 Å². The molecule has 192 valence electrons. The smallest absolute Gasteiger partial charge is 0.244 e. The van der Waals surface area contributed by atoms with E-state index in [1.165, 1.54) is 23.1 Å². The second-order valence-corrected chi connectivity index (χ2v) is 11.7. The summed E-state index contributed by atoms with van der Waals surface area (Å²) < 4.78 is 26.2. The van der Waals surface area contributed by atoms with Crippen molar-refractivity contribution < 1.29 is 18.0 Å². The maximum absolute atomic E-state index is 13.6. The number of sulfonamides is 1. The van der Waals surface area contributed by atoms with Crippen LogP contribution in [0.1, 0.15) is 32.8 Å². The quantitative estimate of drug-likeness (QED) is 0.406. The molecule has 2 aromatic carbocycles. The number of nitrogens with one attached hydrogen (secondary N) is 1. The Morgan fingerprint density at radius 1 is 1.00 bits per heavy atom. The molecule has 0 radical (unpaired) electrons. The van der Waals surface area contributed by atoms with Crippen molar-refractivity contribution in [1.29, 1.82) is 0 Å². The molecule has 0 aliphatic carbocycles. The molecule has 12 heteroatoms. The molecule has 0 saturated carbocycles. The van der Waals surface area contributed by atoms with Gasteiger partial charge in [0.05, 0.1) is 32.0 Å². The van der Waals surface area contributed by atoms with Crippen LogP contribution in [0.4, 0.5) is 5.69 Å². The third kappa shape index (κ3) is 7.89. The van der Waals surface area contributed by atoms with Crippen LogP contribution in [0.3, 0.4) is 0 Å². The summed E-state index contributed by atoms with van der Waals surface area (Å²) in [5.41, 5.74) is 0.680. The fourth-order valence-electron chi connectivity index (χ4n) is 3.41. The first-order valence-corrected chi connectivity index (χ1v) is 14.1. The molecule has 0 unspecified atom stereocenters. The van der Waals surface area contributed by atoms with Gasteiger partial charge in [0.2, 0.25) is 21.8 Å². The van der Waals surface area contributed by atoms with Crippen LogP contribution in [-0.2, 0) is 26.2 Å². The van der Waals surface area contributed by atoms with Crippen LogP contribution in [0, 0.1) is 0 Å². The predicted molar refractivity (Wildman–Crippen MR) is 143 cm³/mol. The molecule has 2 rings (SSSR count). The molecular weight excluding hydrogens is 556 g/mol. The SMILES string of the molecule is CC[C@@H](C(=O)NC(C)C)N(Cc1ccc(Cl)c(Cl)c1)C(=O)CN(c1cccc(Cl)c1Cl)S(C)(=O)=O. The molecule has 2 amide bonds. The number of amides is 2. The van der Waals surface area contributed by atoms with Crippen LogP contribution in [0.2, 0.25) is 20.1 Å². The molecule has 1 atom stereocenters. The minimum Gasteiger partial charge on any atom is -0.352 e. The molecule has 0 fully saturated rings. The number of halogens is 4. The van der Waals surface area contributed by atoms with E-state index in [9.17, 15) is 18.0 Å². The summed E-state index contributed by atoms with van der Waals surface area (Å²) in [5.74, 6) is -0.967. The minimum atomic E-state index is -3.94. The van der Waals surface area contributed by atoms with Gasteiger partial charge in [-0.05, 0) is 50.1 Å². The molecule has 7 nitrogen and oxygen atoms in total. The molecule has 0 aliphatic heterocycles. The lowest BCUT2D eigenvalue weighted by molar-refractivity contribution is -0.140. The monoisotopic (exact) mass is 581 g/mol. The maximum atomic E-state index is 13.6. The summed E-state index contributed by atoms with van der Waals surface area (Å²) in [6.07, 6.45) is 1.26. The van der Waals surface area contributed by atoms with E-state index >= 15 is 0 Å². The van der Waals surface area contributed by atoms with Crippen LogP contribution in [0.5, 0.6) is 0 Å².